The van der Waals surface area contributed by atoms with E-state index >= 15 is 0 Å². The number of ether oxygens (including phenoxy) is 1. The van der Waals surface area contributed by atoms with Gasteiger partial charge in [0.05, 0.1) is 25.4 Å². The molecule has 6 heteroatoms. The summed E-state index contributed by atoms with van der Waals surface area (Å²) in [4.78, 5) is 24.6. The lowest BCUT2D eigenvalue weighted by molar-refractivity contribution is -0.143. The molecule has 2 atom stereocenters. The Morgan fingerprint density at radius 3 is 0.910 bits per heavy atom. The quantitative estimate of drug-likeness (QED) is 0.0320. The monoisotopic (exact) mass is 1100 g/mol. The first-order valence-corrected chi connectivity index (χ1v) is 35.6. The Morgan fingerprint density at radius 2 is 0.603 bits per heavy atom. The second kappa shape index (κ2) is 67.8. The van der Waals surface area contributed by atoms with Gasteiger partial charge in [-0.3, -0.25) is 9.59 Å². The van der Waals surface area contributed by atoms with Gasteiger partial charge in [-0.2, -0.15) is 0 Å². The number of aliphatic hydroxyl groups excluding tert-OH is 2. The molecule has 6 nitrogen and oxygen atoms in total. The van der Waals surface area contributed by atoms with Crippen LogP contribution in [-0.4, -0.2) is 47.4 Å². The minimum atomic E-state index is -0.844. The molecule has 0 aromatic carbocycles. The number of allylic oxidation sites excluding steroid dienone is 3. The lowest BCUT2D eigenvalue weighted by Crippen LogP contribution is -2.45. The molecule has 0 spiro atoms. The van der Waals surface area contributed by atoms with Gasteiger partial charge in [0.1, 0.15) is 0 Å². The second-order valence-electron chi connectivity index (χ2n) is 24.6. The summed E-state index contributed by atoms with van der Waals surface area (Å²) in [5.74, 6) is -0.0461. The van der Waals surface area contributed by atoms with E-state index in [2.05, 4.69) is 31.3 Å². The van der Waals surface area contributed by atoms with E-state index in [0.29, 0.717) is 19.4 Å². The van der Waals surface area contributed by atoms with Crippen molar-refractivity contribution >= 4 is 11.9 Å². The van der Waals surface area contributed by atoms with Crippen molar-refractivity contribution in [1.29, 1.82) is 0 Å². The van der Waals surface area contributed by atoms with E-state index in [1.54, 1.807) is 6.08 Å². The number of carbonyl (C=O) groups excluding carboxylic acids is 2. The fourth-order valence-electron chi connectivity index (χ4n) is 11.3. The van der Waals surface area contributed by atoms with Gasteiger partial charge < -0.3 is 20.3 Å². The van der Waals surface area contributed by atoms with Crippen LogP contribution >= 0.6 is 0 Å². The molecule has 0 saturated carbocycles. The molecular formula is C72H139NO5. The zero-order valence-electron chi connectivity index (χ0n) is 52.9. The third kappa shape index (κ3) is 63.5. The van der Waals surface area contributed by atoms with Crippen LogP contribution in [0, 0.1) is 0 Å². The standard InChI is InChI=1S/C72H139NO5/c1-3-5-7-9-11-13-15-17-19-20-30-34-38-42-46-50-54-58-62-66-72(77)78-67-63-59-55-51-47-43-39-35-32-29-27-25-23-21-22-24-26-28-31-33-37-41-45-49-53-57-61-65-71(76)73-69(68-74)70(75)64-60-56-52-48-44-40-36-18-16-14-12-10-8-6-4-2/h21-22,60,64,69-70,74-75H,3-20,23-59,61-63,65-68H2,1-2H3,(H,73,76)/b22-21-,64-60+. The third-order valence-electron chi connectivity index (χ3n) is 16.7. The van der Waals surface area contributed by atoms with Crippen LogP contribution < -0.4 is 5.32 Å². The van der Waals surface area contributed by atoms with E-state index in [-0.39, 0.29) is 18.5 Å². The van der Waals surface area contributed by atoms with Crippen molar-refractivity contribution in [2.45, 2.75) is 411 Å². The summed E-state index contributed by atoms with van der Waals surface area (Å²) in [6.45, 7) is 4.94. The summed E-state index contributed by atoms with van der Waals surface area (Å²) in [5.41, 5.74) is 0. The molecule has 0 aromatic heterocycles. The first-order chi connectivity index (χ1) is 38.5. The molecule has 0 fully saturated rings. The molecule has 0 saturated heterocycles. The number of nitrogens with one attached hydrogen (secondary N) is 1. The summed E-state index contributed by atoms with van der Waals surface area (Å²) in [7, 11) is 0. The molecule has 0 rings (SSSR count). The van der Waals surface area contributed by atoms with Crippen molar-refractivity contribution in [3.63, 3.8) is 0 Å². The first-order valence-electron chi connectivity index (χ1n) is 35.6. The van der Waals surface area contributed by atoms with Crippen molar-refractivity contribution in [2.75, 3.05) is 13.2 Å². The summed E-state index contributed by atoms with van der Waals surface area (Å²) in [5, 5.41) is 23.2. The third-order valence-corrected chi connectivity index (χ3v) is 16.7. The highest BCUT2D eigenvalue weighted by atomic mass is 16.5. The maximum atomic E-state index is 12.5. The Kier molecular flexibility index (Phi) is 66.4. The van der Waals surface area contributed by atoms with Gasteiger partial charge in [0.25, 0.3) is 0 Å². The van der Waals surface area contributed by atoms with Crippen LogP contribution in [0.15, 0.2) is 24.3 Å². The van der Waals surface area contributed by atoms with Crippen molar-refractivity contribution < 1.29 is 24.5 Å². The van der Waals surface area contributed by atoms with Crippen LogP contribution in [0.5, 0.6) is 0 Å². The minimum Gasteiger partial charge on any atom is -0.466 e. The molecule has 1 amide bonds. The fraction of sp³-hybridized carbons (Fsp3) is 0.917. The molecule has 0 aliphatic heterocycles. The fourth-order valence-corrected chi connectivity index (χ4v) is 11.3. The SMILES string of the molecule is CCCCCCCCCCCCCCC/C=C/C(O)C(CO)NC(=O)CCCCCCCCCCCCC/C=C\CCCCCCCCCCCCCCOC(=O)CCCCCCCCCCCCCCCCCCCCC. The molecule has 0 heterocycles. The number of esters is 1. The van der Waals surface area contributed by atoms with Crippen LogP contribution in [-0.2, 0) is 14.3 Å². The highest BCUT2D eigenvalue weighted by Gasteiger charge is 2.18. The zero-order valence-corrected chi connectivity index (χ0v) is 52.9. The molecule has 78 heavy (non-hydrogen) atoms. The van der Waals surface area contributed by atoms with E-state index in [1.807, 2.05) is 6.08 Å². The Labute approximate surface area is 488 Å². The summed E-state index contributed by atoms with van der Waals surface area (Å²) in [6.07, 6.45) is 85.5. The van der Waals surface area contributed by atoms with Gasteiger partial charge in [-0.25, -0.2) is 0 Å². The number of amides is 1. The molecule has 3 N–H and O–H groups in total. The van der Waals surface area contributed by atoms with Gasteiger partial charge in [-0.05, 0) is 57.8 Å². The van der Waals surface area contributed by atoms with Crippen molar-refractivity contribution in [3.8, 4) is 0 Å². The molecule has 0 aromatic rings. The molecule has 462 valence electrons. The average Bonchev–Trinajstić information content (AvgIpc) is 3.44. The van der Waals surface area contributed by atoms with E-state index in [4.69, 9.17) is 4.74 Å². The number of hydrogen-bond acceptors (Lipinski definition) is 5. The Bertz CT molecular complexity index is 1220. The maximum Gasteiger partial charge on any atom is 0.305 e. The van der Waals surface area contributed by atoms with Crippen LogP contribution in [0.1, 0.15) is 399 Å². The number of aliphatic hydroxyl groups is 2. The highest BCUT2D eigenvalue weighted by molar-refractivity contribution is 5.76. The summed E-state index contributed by atoms with van der Waals surface area (Å²) in [6, 6.07) is -0.628. The Balaban J connectivity index is 3.37. The van der Waals surface area contributed by atoms with Crippen molar-refractivity contribution in [2.24, 2.45) is 0 Å². The van der Waals surface area contributed by atoms with Gasteiger partial charge in [0.2, 0.25) is 5.91 Å². The molecule has 2 unspecified atom stereocenters. The maximum absolute atomic E-state index is 12.5. The van der Waals surface area contributed by atoms with E-state index in [0.717, 1.165) is 38.5 Å². The summed E-state index contributed by atoms with van der Waals surface area (Å²) < 4.78 is 5.51. The Morgan fingerprint density at radius 1 is 0.346 bits per heavy atom. The van der Waals surface area contributed by atoms with Crippen LogP contribution in [0.2, 0.25) is 0 Å². The molecule has 0 bridgehead atoms. The molecule has 0 aliphatic carbocycles. The van der Waals surface area contributed by atoms with Crippen molar-refractivity contribution in [3.05, 3.63) is 24.3 Å². The minimum absolute atomic E-state index is 0.0202. The second-order valence-corrected chi connectivity index (χ2v) is 24.6. The number of carbonyl (C=O) groups is 2. The van der Waals surface area contributed by atoms with E-state index in [9.17, 15) is 19.8 Å². The lowest BCUT2D eigenvalue weighted by Gasteiger charge is -2.20. The van der Waals surface area contributed by atoms with Crippen LogP contribution in [0.3, 0.4) is 0 Å². The van der Waals surface area contributed by atoms with Gasteiger partial charge in [-0.1, -0.05) is 353 Å². The van der Waals surface area contributed by atoms with Crippen LogP contribution in [0.25, 0.3) is 0 Å². The zero-order chi connectivity index (χ0) is 56.4. The first kappa shape index (κ1) is 76.3. The van der Waals surface area contributed by atoms with Gasteiger partial charge in [0, 0.05) is 12.8 Å². The number of rotatable bonds is 67. The predicted molar refractivity (Wildman–Crippen MR) is 343 cm³/mol. The average molecular weight is 1100 g/mol. The van der Waals surface area contributed by atoms with Gasteiger partial charge in [0.15, 0.2) is 0 Å². The van der Waals surface area contributed by atoms with E-state index in [1.165, 1.54) is 334 Å². The van der Waals surface area contributed by atoms with Crippen molar-refractivity contribution in [1.82, 2.24) is 5.32 Å². The smallest absolute Gasteiger partial charge is 0.305 e. The summed E-state index contributed by atoms with van der Waals surface area (Å²) >= 11 is 0. The lowest BCUT2D eigenvalue weighted by atomic mass is 10.0. The topological polar surface area (TPSA) is 95.9 Å². The Hall–Kier alpha value is -1.66. The number of hydrogen-bond donors (Lipinski definition) is 3. The molecule has 0 radical (unpaired) electrons. The van der Waals surface area contributed by atoms with Gasteiger partial charge >= 0.3 is 5.97 Å². The highest BCUT2D eigenvalue weighted by Crippen LogP contribution is 2.19. The van der Waals surface area contributed by atoms with Crippen LogP contribution in [0.4, 0.5) is 0 Å². The molecular weight excluding hydrogens is 959 g/mol. The number of unbranched alkanes of at least 4 members (excludes halogenated alkanes) is 54. The predicted octanol–water partition coefficient (Wildman–Crippen LogP) is 22.9. The normalized spacial score (nSPS) is 12.6. The van der Waals surface area contributed by atoms with Gasteiger partial charge in [-0.15, -0.1) is 0 Å². The largest absolute Gasteiger partial charge is 0.466 e. The van der Waals surface area contributed by atoms with E-state index < -0.39 is 12.1 Å². The molecule has 0 aliphatic rings.